The Kier molecular flexibility index (Phi) is 6.46. The molecule has 1 aliphatic carbocycles. The van der Waals surface area contributed by atoms with Gasteiger partial charge in [-0.05, 0) is 37.6 Å². The highest BCUT2D eigenvalue weighted by atomic mass is 16.1. The normalized spacial score (nSPS) is 19.4. The summed E-state index contributed by atoms with van der Waals surface area (Å²) < 4.78 is 0. The predicted octanol–water partition coefficient (Wildman–Crippen LogP) is 2.06. The molecule has 0 aromatic carbocycles. The van der Waals surface area contributed by atoms with Crippen molar-refractivity contribution in [2.75, 3.05) is 13.1 Å². The lowest BCUT2D eigenvalue weighted by molar-refractivity contribution is -0.121. The topological polar surface area (TPSA) is 55.1 Å². The lowest BCUT2D eigenvalue weighted by Gasteiger charge is -2.21. The first-order chi connectivity index (χ1) is 7.72. The van der Waals surface area contributed by atoms with Crippen molar-refractivity contribution in [1.82, 2.24) is 5.32 Å². The van der Waals surface area contributed by atoms with Crippen molar-refractivity contribution in [3.8, 4) is 0 Å². The summed E-state index contributed by atoms with van der Waals surface area (Å²) in [5, 5.41) is 3.05. The molecule has 16 heavy (non-hydrogen) atoms. The summed E-state index contributed by atoms with van der Waals surface area (Å²) >= 11 is 0. The van der Waals surface area contributed by atoms with Crippen molar-refractivity contribution < 1.29 is 4.79 Å². The van der Waals surface area contributed by atoms with Crippen molar-refractivity contribution >= 4 is 5.91 Å². The van der Waals surface area contributed by atoms with Gasteiger partial charge in [-0.2, -0.15) is 0 Å². The average Bonchev–Trinajstić information content (AvgIpc) is 2.34. The lowest BCUT2D eigenvalue weighted by atomic mass is 9.89. The van der Waals surface area contributed by atoms with E-state index in [2.05, 4.69) is 12.2 Å². The molecule has 1 saturated carbocycles. The van der Waals surface area contributed by atoms with Crippen molar-refractivity contribution in [3.05, 3.63) is 0 Å². The van der Waals surface area contributed by atoms with Gasteiger partial charge in [0.05, 0.1) is 0 Å². The highest BCUT2D eigenvalue weighted by molar-refractivity contribution is 5.75. The maximum Gasteiger partial charge on any atom is 0.220 e. The second kappa shape index (κ2) is 7.66. The molecule has 1 aliphatic rings. The largest absolute Gasteiger partial charge is 0.356 e. The minimum atomic E-state index is 0.200. The van der Waals surface area contributed by atoms with Crippen LogP contribution in [0.15, 0.2) is 0 Å². The third-order valence-electron chi connectivity index (χ3n) is 3.58. The van der Waals surface area contributed by atoms with Gasteiger partial charge in [0.1, 0.15) is 0 Å². The Hall–Kier alpha value is -0.570. The number of nitrogens with two attached hydrogens (primary N) is 1. The standard InChI is InChI=1S/C13H26N2O/c1-11(9-14)7-8-13(16)15-10-12-5-3-2-4-6-12/h11-12H,2-10,14H2,1H3,(H,15,16). The molecule has 0 heterocycles. The monoisotopic (exact) mass is 226 g/mol. The Morgan fingerprint density at radius 1 is 1.38 bits per heavy atom. The van der Waals surface area contributed by atoms with Crippen LogP contribution in [0.25, 0.3) is 0 Å². The summed E-state index contributed by atoms with van der Waals surface area (Å²) in [6, 6.07) is 0. The van der Waals surface area contributed by atoms with Gasteiger partial charge in [0.25, 0.3) is 0 Å². The molecule has 0 radical (unpaired) electrons. The molecule has 1 fully saturated rings. The van der Waals surface area contributed by atoms with E-state index >= 15 is 0 Å². The van der Waals surface area contributed by atoms with E-state index < -0.39 is 0 Å². The van der Waals surface area contributed by atoms with Crippen molar-refractivity contribution in [2.45, 2.75) is 51.9 Å². The molecule has 1 unspecified atom stereocenters. The fourth-order valence-electron chi connectivity index (χ4n) is 2.23. The molecule has 3 nitrogen and oxygen atoms in total. The first kappa shape index (κ1) is 13.5. The van der Waals surface area contributed by atoms with Crippen molar-refractivity contribution in [3.63, 3.8) is 0 Å². The van der Waals surface area contributed by atoms with Gasteiger partial charge in [0.2, 0.25) is 5.91 Å². The second-order valence-electron chi connectivity index (χ2n) is 5.19. The first-order valence-corrected chi connectivity index (χ1v) is 6.69. The lowest BCUT2D eigenvalue weighted by Crippen LogP contribution is -2.30. The van der Waals surface area contributed by atoms with Gasteiger partial charge in [-0.25, -0.2) is 0 Å². The SMILES string of the molecule is CC(CN)CCC(=O)NCC1CCCCC1. The zero-order chi connectivity index (χ0) is 11.8. The van der Waals surface area contributed by atoms with E-state index in [0.717, 1.165) is 18.9 Å². The zero-order valence-electron chi connectivity index (χ0n) is 10.5. The van der Waals surface area contributed by atoms with Crippen molar-refractivity contribution in [2.24, 2.45) is 17.6 Å². The highest BCUT2D eigenvalue weighted by Gasteiger charge is 2.14. The third-order valence-corrected chi connectivity index (χ3v) is 3.58. The van der Waals surface area contributed by atoms with Gasteiger partial charge < -0.3 is 11.1 Å². The summed E-state index contributed by atoms with van der Waals surface area (Å²) in [6.07, 6.45) is 8.17. The quantitative estimate of drug-likeness (QED) is 0.728. The molecule has 1 amide bonds. The molecule has 0 saturated heterocycles. The number of carbonyl (C=O) groups is 1. The number of rotatable bonds is 6. The van der Waals surface area contributed by atoms with E-state index in [0.29, 0.717) is 18.9 Å². The minimum absolute atomic E-state index is 0.200. The Morgan fingerprint density at radius 2 is 2.06 bits per heavy atom. The van der Waals surface area contributed by atoms with Gasteiger partial charge in [-0.1, -0.05) is 26.2 Å². The maximum absolute atomic E-state index is 11.6. The fraction of sp³-hybridized carbons (Fsp3) is 0.923. The minimum Gasteiger partial charge on any atom is -0.356 e. The summed E-state index contributed by atoms with van der Waals surface area (Å²) in [5.74, 6) is 1.39. The predicted molar refractivity (Wildman–Crippen MR) is 67.0 cm³/mol. The summed E-state index contributed by atoms with van der Waals surface area (Å²) in [6.45, 7) is 3.65. The van der Waals surface area contributed by atoms with Crippen LogP contribution in [-0.2, 0) is 4.79 Å². The smallest absolute Gasteiger partial charge is 0.220 e. The van der Waals surface area contributed by atoms with Crippen LogP contribution in [0, 0.1) is 11.8 Å². The Bertz CT molecular complexity index is 200. The third kappa shape index (κ3) is 5.50. The highest BCUT2D eigenvalue weighted by Crippen LogP contribution is 2.22. The Morgan fingerprint density at radius 3 is 2.69 bits per heavy atom. The molecular formula is C13H26N2O. The fourth-order valence-corrected chi connectivity index (χ4v) is 2.23. The van der Waals surface area contributed by atoms with Gasteiger partial charge in [0.15, 0.2) is 0 Å². The summed E-state index contributed by atoms with van der Waals surface area (Å²) in [7, 11) is 0. The van der Waals surface area contributed by atoms with Crippen LogP contribution < -0.4 is 11.1 Å². The van der Waals surface area contributed by atoms with Gasteiger partial charge in [-0.3, -0.25) is 4.79 Å². The van der Waals surface area contributed by atoms with E-state index in [9.17, 15) is 4.79 Å². The summed E-state index contributed by atoms with van der Waals surface area (Å²) in [5.41, 5.74) is 5.52. The molecule has 0 aromatic heterocycles. The molecule has 0 aliphatic heterocycles. The van der Waals surface area contributed by atoms with E-state index in [-0.39, 0.29) is 5.91 Å². The van der Waals surface area contributed by atoms with Gasteiger partial charge in [0, 0.05) is 13.0 Å². The number of amides is 1. The van der Waals surface area contributed by atoms with Crippen LogP contribution >= 0.6 is 0 Å². The van der Waals surface area contributed by atoms with Crippen LogP contribution in [0.2, 0.25) is 0 Å². The van der Waals surface area contributed by atoms with E-state index in [4.69, 9.17) is 5.73 Å². The van der Waals surface area contributed by atoms with Gasteiger partial charge in [-0.15, -0.1) is 0 Å². The number of hydrogen-bond donors (Lipinski definition) is 2. The molecule has 0 bridgehead atoms. The Labute approximate surface area is 99.2 Å². The summed E-state index contributed by atoms with van der Waals surface area (Å²) in [4.78, 5) is 11.6. The molecule has 1 atom stereocenters. The average molecular weight is 226 g/mol. The first-order valence-electron chi connectivity index (χ1n) is 6.69. The van der Waals surface area contributed by atoms with Gasteiger partial charge >= 0.3 is 0 Å². The van der Waals surface area contributed by atoms with Crippen LogP contribution in [0.3, 0.4) is 0 Å². The molecule has 3 heteroatoms. The van der Waals surface area contributed by atoms with E-state index in [1.54, 1.807) is 0 Å². The number of hydrogen-bond acceptors (Lipinski definition) is 2. The maximum atomic E-state index is 11.6. The van der Waals surface area contributed by atoms with Crippen molar-refractivity contribution in [1.29, 1.82) is 0 Å². The van der Waals surface area contributed by atoms with Crippen LogP contribution in [0.5, 0.6) is 0 Å². The number of carbonyl (C=O) groups excluding carboxylic acids is 1. The van der Waals surface area contributed by atoms with E-state index in [1.807, 2.05) is 0 Å². The molecule has 0 aromatic rings. The van der Waals surface area contributed by atoms with Crippen LogP contribution in [-0.4, -0.2) is 19.0 Å². The molecule has 94 valence electrons. The van der Waals surface area contributed by atoms with Crippen LogP contribution in [0.1, 0.15) is 51.9 Å². The second-order valence-corrected chi connectivity index (χ2v) is 5.19. The van der Waals surface area contributed by atoms with Crippen LogP contribution in [0.4, 0.5) is 0 Å². The molecule has 0 spiro atoms. The Balaban J connectivity index is 2.05. The van der Waals surface area contributed by atoms with E-state index in [1.165, 1.54) is 32.1 Å². The number of nitrogens with one attached hydrogen (secondary N) is 1. The molecule has 3 N–H and O–H groups in total. The zero-order valence-corrected chi connectivity index (χ0v) is 10.5. The molecular weight excluding hydrogens is 200 g/mol. The molecule has 1 rings (SSSR count).